The van der Waals surface area contributed by atoms with Gasteiger partial charge >= 0.3 is 0 Å². The third-order valence-electron chi connectivity index (χ3n) is 1.74. The fraction of sp³-hybridized carbons (Fsp3) is 0.222. The summed E-state index contributed by atoms with van der Waals surface area (Å²) in [7, 11) is 1.55. The van der Waals surface area contributed by atoms with Crippen molar-refractivity contribution in [2.24, 2.45) is 5.73 Å². The van der Waals surface area contributed by atoms with Crippen LogP contribution < -0.4 is 11.1 Å². The Hall–Kier alpha value is -1.06. The molecule has 1 aromatic carbocycles. The first kappa shape index (κ1) is 10.0. The van der Waals surface area contributed by atoms with Crippen molar-refractivity contribution in [3.63, 3.8) is 0 Å². The van der Waals surface area contributed by atoms with Crippen LogP contribution in [0, 0.1) is 0 Å². The number of halogens is 1. The number of carbonyl (C=O) groups excluding carboxylic acids is 1. The zero-order valence-electron chi connectivity index (χ0n) is 7.25. The molecular formula is C9H11ClN2O. The maximum Gasteiger partial charge on any atom is 0.241 e. The monoisotopic (exact) mass is 198 g/mol. The van der Waals surface area contributed by atoms with Crippen LogP contribution in [0.4, 0.5) is 0 Å². The van der Waals surface area contributed by atoms with Crippen LogP contribution in [0.5, 0.6) is 0 Å². The molecule has 0 spiro atoms. The fourth-order valence-electron chi connectivity index (χ4n) is 1.01. The summed E-state index contributed by atoms with van der Waals surface area (Å²) in [6.45, 7) is 0. The molecule has 13 heavy (non-hydrogen) atoms. The van der Waals surface area contributed by atoms with Crippen LogP contribution >= 0.6 is 11.6 Å². The van der Waals surface area contributed by atoms with E-state index in [0.717, 1.165) is 0 Å². The molecule has 4 heteroatoms. The van der Waals surface area contributed by atoms with Crippen molar-refractivity contribution >= 4 is 17.5 Å². The van der Waals surface area contributed by atoms with Crippen molar-refractivity contribution in [1.29, 1.82) is 0 Å². The Bertz CT molecular complexity index is 314. The standard InChI is InChI=1S/C9H11ClN2O/c1-12-9(13)8(11)6-3-2-4-7(10)5-6/h2-5,8H,11H2,1H3,(H,12,13). The predicted octanol–water partition coefficient (Wildman–Crippen LogP) is 1.09. The number of benzene rings is 1. The highest BCUT2D eigenvalue weighted by atomic mass is 35.5. The molecule has 0 aliphatic carbocycles. The smallest absolute Gasteiger partial charge is 0.241 e. The van der Waals surface area contributed by atoms with Crippen LogP contribution in [0.25, 0.3) is 0 Å². The van der Waals surface area contributed by atoms with E-state index in [0.29, 0.717) is 10.6 Å². The molecule has 1 rings (SSSR count). The molecule has 0 aromatic heterocycles. The number of carbonyl (C=O) groups is 1. The lowest BCUT2D eigenvalue weighted by atomic mass is 10.1. The van der Waals surface area contributed by atoms with Crippen molar-refractivity contribution in [3.8, 4) is 0 Å². The molecule has 1 amide bonds. The Balaban J connectivity index is 2.88. The zero-order valence-corrected chi connectivity index (χ0v) is 8.01. The molecule has 70 valence electrons. The molecule has 0 bridgehead atoms. The highest BCUT2D eigenvalue weighted by Gasteiger charge is 2.13. The normalized spacial score (nSPS) is 12.2. The summed E-state index contributed by atoms with van der Waals surface area (Å²) in [4.78, 5) is 11.1. The first-order valence-corrected chi connectivity index (χ1v) is 4.25. The van der Waals surface area contributed by atoms with Crippen molar-refractivity contribution < 1.29 is 4.79 Å². The minimum atomic E-state index is -0.649. The largest absolute Gasteiger partial charge is 0.358 e. The number of likely N-dealkylation sites (N-methyl/N-ethyl adjacent to an activating group) is 1. The molecule has 3 nitrogen and oxygen atoms in total. The van der Waals surface area contributed by atoms with E-state index in [1.54, 1.807) is 31.3 Å². The third-order valence-corrected chi connectivity index (χ3v) is 1.97. The molecular weight excluding hydrogens is 188 g/mol. The van der Waals surface area contributed by atoms with E-state index in [4.69, 9.17) is 17.3 Å². The molecule has 0 fully saturated rings. The maximum atomic E-state index is 11.1. The quantitative estimate of drug-likeness (QED) is 0.748. The Morgan fingerprint density at radius 3 is 2.85 bits per heavy atom. The van der Waals surface area contributed by atoms with Crippen LogP contribution in [0.15, 0.2) is 24.3 Å². The highest BCUT2D eigenvalue weighted by molar-refractivity contribution is 6.30. The topological polar surface area (TPSA) is 55.1 Å². The van der Waals surface area contributed by atoms with Crippen molar-refractivity contribution in [2.75, 3.05) is 7.05 Å². The molecule has 0 saturated heterocycles. The molecule has 0 heterocycles. The van der Waals surface area contributed by atoms with Gasteiger partial charge < -0.3 is 11.1 Å². The van der Waals surface area contributed by atoms with Gasteiger partial charge in [-0.25, -0.2) is 0 Å². The number of rotatable bonds is 2. The Morgan fingerprint density at radius 1 is 1.62 bits per heavy atom. The van der Waals surface area contributed by atoms with Crippen LogP contribution in [0.1, 0.15) is 11.6 Å². The summed E-state index contributed by atoms with van der Waals surface area (Å²) in [5.41, 5.74) is 6.36. The first-order valence-electron chi connectivity index (χ1n) is 3.88. The lowest BCUT2D eigenvalue weighted by Crippen LogP contribution is -2.31. The van der Waals surface area contributed by atoms with Gasteiger partial charge in [0.1, 0.15) is 6.04 Å². The minimum Gasteiger partial charge on any atom is -0.358 e. The molecule has 0 radical (unpaired) electrons. The second-order valence-corrected chi connectivity index (χ2v) is 3.08. The lowest BCUT2D eigenvalue weighted by Gasteiger charge is -2.09. The van der Waals surface area contributed by atoms with Gasteiger partial charge in [-0.15, -0.1) is 0 Å². The zero-order chi connectivity index (χ0) is 9.84. The molecule has 1 aromatic rings. The SMILES string of the molecule is CNC(=O)C(N)c1cccc(Cl)c1. The summed E-state index contributed by atoms with van der Waals surface area (Å²) < 4.78 is 0. The van der Waals surface area contributed by atoms with E-state index in [-0.39, 0.29) is 5.91 Å². The molecule has 1 unspecified atom stereocenters. The Morgan fingerprint density at radius 2 is 2.31 bits per heavy atom. The van der Waals surface area contributed by atoms with Gasteiger partial charge in [-0.05, 0) is 17.7 Å². The van der Waals surface area contributed by atoms with Gasteiger partial charge in [-0.1, -0.05) is 23.7 Å². The number of hydrogen-bond acceptors (Lipinski definition) is 2. The van der Waals surface area contributed by atoms with Crippen LogP contribution in [-0.4, -0.2) is 13.0 Å². The average Bonchev–Trinajstić information content (AvgIpc) is 2.15. The van der Waals surface area contributed by atoms with Gasteiger partial charge in [0.2, 0.25) is 5.91 Å². The van der Waals surface area contributed by atoms with E-state index in [9.17, 15) is 4.79 Å². The summed E-state index contributed by atoms with van der Waals surface area (Å²) in [5.74, 6) is -0.220. The van der Waals surface area contributed by atoms with Crippen LogP contribution in [-0.2, 0) is 4.79 Å². The molecule has 1 atom stereocenters. The van der Waals surface area contributed by atoms with E-state index in [1.165, 1.54) is 0 Å². The lowest BCUT2D eigenvalue weighted by molar-refractivity contribution is -0.121. The van der Waals surface area contributed by atoms with Gasteiger partial charge in [-0.3, -0.25) is 4.79 Å². The second-order valence-electron chi connectivity index (χ2n) is 2.65. The van der Waals surface area contributed by atoms with Crippen molar-refractivity contribution in [2.45, 2.75) is 6.04 Å². The highest BCUT2D eigenvalue weighted by Crippen LogP contribution is 2.15. The number of amides is 1. The summed E-state index contributed by atoms with van der Waals surface area (Å²) >= 11 is 5.75. The first-order chi connectivity index (χ1) is 6.15. The van der Waals surface area contributed by atoms with Gasteiger partial charge in [0, 0.05) is 12.1 Å². The number of hydrogen-bond donors (Lipinski definition) is 2. The van der Waals surface area contributed by atoms with E-state index in [2.05, 4.69) is 5.32 Å². The summed E-state index contributed by atoms with van der Waals surface area (Å²) in [5, 5.41) is 3.06. The molecule has 0 saturated carbocycles. The average molecular weight is 199 g/mol. The van der Waals surface area contributed by atoms with Gasteiger partial charge in [0.15, 0.2) is 0 Å². The molecule has 0 aliphatic heterocycles. The van der Waals surface area contributed by atoms with Gasteiger partial charge in [-0.2, -0.15) is 0 Å². The number of nitrogens with one attached hydrogen (secondary N) is 1. The second kappa shape index (κ2) is 4.25. The van der Waals surface area contributed by atoms with E-state index < -0.39 is 6.04 Å². The minimum absolute atomic E-state index is 0.220. The van der Waals surface area contributed by atoms with Gasteiger partial charge in [0.05, 0.1) is 0 Å². The summed E-state index contributed by atoms with van der Waals surface area (Å²) in [6.07, 6.45) is 0. The van der Waals surface area contributed by atoms with Crippen molar-refractivity contribution in [1.82, 2.24) is 5.32 Å². The summed E-state index contributed by atoms with van der Waals surface area (Å²) in [6, 6.07) is 6.30. The predicted molar refractivity (Wildman–Crippen MR) is 52.4 cm³/mol. The third kappa shape index (κ3) is 2.44. The van der Waals surface area contributed by atoms with Gasteiger partial charge in [0.25, 0.3) is 0 Å². The van der Waals surface area contributed by atoms with E-state index in [1.807, 2.05) is 0 Å². The van der Waals surface area contributed by atoms with Crippen LogP contribution in [0.2, 0.25) is 5.02 Å². The maximum absolute atomic E-state index is 11.1. The molecule has 3 N–H and O–H groups in total. The van der Waals surface area contributed by atoms with E-state index >= 15 is 0 Å². The Kier molecular flexibility index (Phi) is 3.28. The van der Waals surface area contributed by atoms with Crippen LogP contribution in [0.3, 0.4) is 0 Å². The molecule has 0 aliphatic rings. The Labute approximate surface area is 81.9 Å². The fourth-order valence-corrected chi connectivity index (χ4v) is 1.21. The van der Waals surface area contributed by atoms with Crippen molar-refractivity contribution in [3.05, 3.63) is 34.9 Å². The number of nitrogens with two attached hydrogens (primary N) is 1.